The predicted molar refractivity (Wildman–Crippen MR) is 68.7 cm³/mol. The summed E-state index contributed by atoms with van der Waals surface area (Å²) in [5.41, 5.74) is 8.79. The molecule has 0 aliphatic heterocycles. The molecule has 0 spiro atoms. The van der Waals surface area contributed by atoms with Crippen LogP contribution in [0.3, 0.4) is 0 Å². The molecule has 0 aromatic heterocycles. The molecule has 6 nitrogen and oxygen atoms in total. The lowest BCUT2D eigenvalue weighted by Gasteiger charge is -2.02. The van der Waals surface area contributed by atoms with Crippen molar-refractivity contribution in [3.05, 3.63) is 24.6 Å². The molecular formula is C12H21N3O3. The highest BCUT2D eigenvalue weighted by Gasteiger charge is 2.23. The first-order valence-corrected chi connectivity index (χ1v) is 5.66. The zero-order valence-electron chi connectivity index (χ0n) is 10.6. The number of allylic oxidation sites excluding steroid dienone is 2. The highest BCUT2D eigenvalue weighted by molar-refractivity contribution is 5.87. The third-order valence-corrected chi connectivity index (χ3v) is 2.39. The fraction of sp³-hybridized carbons (Fsp3) is 0.500. The summed E-state index contributed by atoms with van der Waals surface area (Å²) in [5, 5.41) is 0. The van der Waals surface area contributed by atoms with Crippen LogP contribution < -0.4 is 17.0 Å². The van der Waals surface area contributed by atoms with Crippen molar-refractivity contribution < 1.29 is 14.3 Å². The summed E-state index contributed by atoms with van der Waals surface area (Å²) < 4.78 is 4.34. The Kier molecular flexibility index (Phi) is 8.30. The standard InChI is InChI=1S/C7H10O3.C5H11N3/c1-3-4-6(5-8)7(9)10-2;6-5(3-8-7)4-1-2-4/h3,5-6H,1,4H2,2H3;3-4,8H,1-2,6-7H2/b;5-3-. The normalized spacial score (nSPS) is 15.8. The lowest BCUT2D eigenvalue weighted by atomic mass is 10.1. The van der Waals surface area contributed by atoms with Gasteiger partial charge < -0.3 is 20.7 Å². The molecule has 1 fully saturated rings. The number of carbonyl (C=O) groups is 2. The van der Waals surface area contributed by atoms with Crippen LogP contribution in [0, 0.1) is 11.8 Å². The van der Waals surface area contributed by atoms with E-state index in [4.69, 9.17) is 11.6 Å². The summed E-state index contributed by atoms with van der Waals surface area (Å²) >= 11 is 0. The van der Waals surface area contributed by atoms with Crippen LogP contribution in [0.4, 0.5) is 0 Å². The third kappa shape index (κ3) is 6.70. The van der Waals surface area contributed by atoms with Crippen LogP contribution >= 0.6 is 0 Å². The van der Waals surface area contributed by atoms with Crippen LogP contribution in [0.5, 0.6) is 0 Å². The van der Waals surface area contributed by atoms with Gasteiger partial charge in [-0.3, -0.25) is 10.6 Å². The maximum absolute atomic E-state index is 10.6. The van der Waals surface area contributed by atoms with Crippen LogP contribution in [-0.4, -0.2) is 19.4 Å². The number of esters is 1. The zero-order chi connectivity index (χ0) is 14.0. The van der Waals surface area contributed by atoms with Gasteiger partial charge in [0.25, 0.3) is 0 Å². The van der Waals surface area contributed by atoms with E-state index in [2.05, 4.69) is 16.7 Å². The van der Waals surface area contributed by atoms with Crippen molar-refractivity contribution in [2.45, 2.75) is 19.3 Å². The number of carbonyl (C=O) groups excluding carboxylic acids is 2. The summed E-state index contributed by atoms with van der Waals surface area (Å²) in [7, 11) is 1.25. The van der Waals surface area contributed by atoms with E-state index in [0.29, 0.717) is 18.6 Å². The highest BCUT2D eigenvalue weighted by Crippen LogP contribution is 2.33. The monoisotopic (exact) mass is 255 g/mol. The molecule has 1 saturated carbocycles. The first-order chi connectivity index (χ1) is 8.60. The smallest absolute Gasteiger partial charge is 0.316 e. The van der Waals surface area contributed by atoms with Gasteiger partial charge in [-0.05, 0) is 25.2 Å². The Morgan fingerprint density at radius 1 is 1.61 bits per heavy atom. The van der Waals surface area contributed by atoms with Crippen molar-refractivity contribution in [2.24, 2.45) is 23.4 Å². The molecule has 0 aromatic rings. The first kappa shape index (κ1) is 16.2. The molecule has 18 heavy (non-hydrogen) atoms. The van der Waals surface area contributed by atoms with Crippen LogP contribution in [0.2, 0.25) is 0 Å². The Morgan fingerprint density at radius 3 is 2.56 bits per heavy atom. The fourth-order valence-electron chi connectivity index (χ4n) is 1.17. The maximum atomic E-state index is 10.6. The van der Waals surface area contributed by atoms with E-state index in [1.165, 1.54) is 26.0 Å². The van der Waals surface area contributed by atoms with E-state index < -0.39 is 11.9 Å². The molecule has 0 heterocycles. The minimum Gasteiger partial charge on any atom is -0.468 e. The lowest BCUT2D eigenvalue weighted by Crippen LogP contribution is -2.17. The number of nitrogens with two attached hydrogens (primary N) is 2. The molecule has 0 aromatic carbocycles. The molecule has 0 amide bonds. The molecule has 6 heteroatoms. The van der Waals surface area contributed by atoms with Gasteiger partial charge in [-0.25, -0.2) is 0 Å². The minimum atomic E-state index is -0.678. The van der Waals surface area contributed by atoms with Crippen LogP contribution in [0.25, 0.3) is 0 Å². The number of hydrogen-bond acceptors (Lipinski definition) is 6. The number of nitrogens with one attached hydrogen (secondary N) is 1. The number of ether oxygens (including phenoxy) is 1. The minimum absolute atomic E-state index is 0.343. The summed E-state index contributed by atoms with van der Waals surface area (Å²) in [6.07, 6.45) is 6.52. The number of hydrazine groups is 1. The van der Waals surface area contributed by atoms with Gasteiger partial charge in [-0.1, -0.05) is 6.08 Å². The van der Waals surface area contributed by atoms with Crippen molar-refractivity contribution >= 4 is 12.3 Å². The SMILES string of the molecule is C=CCC(C=O)C(=O)OC.NN/C=C(\N)C1CC1. The van der Waals surface area contributed by atoms with Gasteiger partial charge in [0, 0.05) is 11.9 Å². The molecule has 102 valence electrons. The van der Waals surface area contributed by atoms with Gasteiger partial charge in [0.15, 0.2) is 0 Å². The van der Waals surface area contributed by atoms with E-state index in [1.807, 2.05) is 0 Å². The molecular weight excluding hydrogens is 234 g/mol. The van der Waals surface area contributed by atoms with Crippen molar-refractivity contribution in [2.75, 3.05) is 7.11 Å². The van der Waals surface area contributed by atoms with Crippen LogP contribution in [0.15, 0.2) is 24.6 Å². The number of methoxy groups -OCH3 is 1. The molecule has 5 N–H and O–H groups in total. The van der Waals surface area contributed by atoms with E-state index in [1.54, 1.807) is 6.20 Å². The van der Waals surface area contributed by atoms with Gasteiger partial charge in [0.1, 0.15) is 12.2 Å². The molecule has 1 unspecified atom stereocenters. The first-order valence-electron chi connectivity index (χ1n) is 5.66. The van der Waals surface area contributed by atoms with Crippen molar-refractivity contribution in [1.29, 1.82) is 0 Å². The molecule has 0 bridgehead atoms. The maximum Gasteiger partial charge on any atom is 0.316 e. The Balaban J connectivity index is 0.000000327. The second-order valence-corrected chi connectivity index (χ2v) is 3.88. The van der Waals surface area contributed by atoms with Gasteiger partial charge in [-0.15, -0.1) is 6.58 Å². The Morgan fingerprint density at radius 2 is 2.22 bits per heavy atom. The second kappa shape index (κ2) is 9.23. The van der Waals surface area contributed by atoms with Gasteiger partial charge in [0.2, 0.25) is 0 Å². The lowest BCUT2D eigenvalue weighted by molar-refractivity contribution is -0.146. The third-order valence-electron chi connectivity index (χ3n) is 2.39. The predicted octanol–water partition coefficient (Wildman–Crippen LogP) is 0.210. The molecule has 0 saturated heterocycles. The Labute approximate surface area is 107 Å². The topological polar surface area (TPSA) is 107 Å². The summed E-state index contributed by atoms with van der Waals surface area (Å²) in [6, 6.07) is 0. The average Bonchev–Trinajstić information content (AvgIpc) is 3.20. The van der Waals surface area contributed by atoms with E-state index in [-0.39, 0.29) is 0 Å². The van der Waals surface area contributed by atoms with Crippen molar-refractivity contribution in [3.8, 4) is 0 Å². The molecule has 1 rings (SSSR count). The van der Waals surface area contributed by atoms with E-state index in [0.717, 1.165) is 5.70 Å². The number of hydrogen-bond donors (Lipinski definition) is 3. The zero-order valence-corrected chi connectivity index (χ0v) is 10.6. The second-order valence-electron chi connectivity index (χ2n) is 3.88. The summed E-state index contributed by atoms with van der Waals surface area (Å²) in [5.74, 6) is 4.42. The number of aldehydes is 1. The van der Waals surface area contributed by atoms with Gasteiger partial charge in [0.05, 0.1) is 7.11 Å². The largest absolute Gasteiger partial charge is 0.468 e. The van der Waals surface area contributed by atoms with Gasteiger partial charge in [-0.2, -0.15) is 0 Å². The highest BCUT2D eigenvalue weighted by atomic mass is 16.5. The molecule has 1 aliphatic rings. The summed E-state index contributed by atoms with van der Waals surface area (Å²) in [4.78, 5) is 20.8. The molecule has 1 aliphatic carbocycles. The number of rotatable bonds is 6. The van der Waals surface area contributed by atoms with E-state index in [9.17, 15) is 9.59 Å². The summed E-state index contributed by atoms with van der Waals surface area (Å²) in [6.45, 7) is 3.40. The van der Waals surface area contributed by atoms with E-state index >= 15 is 0 Å². The van der Waals surface area contributed by atoms with Crippen molar-refractivity contribution in [1.82, 2.24) is 5.43 Å². The van der Waals surface area contributed by atoms with Crippen molar-refractivity contribution in [3.63, 3.8) is 0 Å². The average molecular weight is 255 g/mol. The quantitative estimate of drug-likeness (QED) is 0.156. The molecule has 1 atom stereocenters. The van der Waals surface area contributed by atoms with Gasteiger partial charge >= 0.3 is 5.97 Å². The van der Waals surface area contributed by atoms with Crippen LogP contribution in [0.1, 0.15) is 19.3 Å². The molecule has 0 radical (unpaired) electrons. The van der Waals surface area contributed by atoms with Crippen LogP contribution in [-0.2, 0) is 14.3 Å². The fourth-order valence-corrected chi connectivity index (χ4v) is 1.17. The Bertz CT molecular complexity index is 312. The Hall–Kier alpha value is -1.82.